The van der Waals surface area contributed by atoms with Crippen LogP contribution in [0.1, 0.15) is 310 Å². The zero-order chi connectivity index (χ0) is 56.1. The summed E-state index contributed by atoms with van der Waals surface area (Å²) in [4.78, 5) is 26.5. The van der Waals surface area contributed by atoms with E-state index >= 15 is 0 Å². The predicted octanol–water partition coefficient (Wildman–Crippen LogP) is 15.8. The molecule has 0 aromatic carbocycles. The quantitative estimate of drug-likeness (QED) is 0.0195. The van der Waals surface area contributed by atoms with E-state index < -0.39 is 67.4 Å². The Bertz CT molecular complexity index is 1390. The molecule has 1 aliphatic rings. The number of aliphatic hydroxyl groups is 5. The summed E-state index contributed by atoms with van der Waals surface area (Å²) in [7, 11) is 0. The van der Waals surface area contributed by atoms with Gasteiger partial charge in [0.15, 0.2) is 12.4 Å². The molecule has 0 bridgehead atoms. The molecule has 1 saturated heterocycles. The highest BCUT2D eigenvalue weighted by molar-refractivity contribution is 5.80. The zero-order valence-corrected chi connectivity index (χ0v) is 50.1. The van der Waals surface area contributed by atoms with Gasteiger partial charge in [-0.3, -0.25) is 9.59 Å². The Balaban J connectivity index is 2.60. The van der Waals surface area contributed by atoms with E-state index in [-0.39, 0.29) is 19.4 Å². The fraction of sp³-hybridized carbons (Fsp3) is 0.879. The van der Waals surface area contributed by atoms with Gasteiger partial charge in [0.1, 0.15) is 24.4 Å². The van der Waals surface area contributed by atoms with E-state index in [9.17, 15) is 35.1 Å². The van der Waals surface area contributed by atoms with E-state index in [2.05, 4.69) is 50.4 Å². The molecule has 11 nitrogen and oxygen atoms in total. The van der Waals surface area contributed by atoms with Crippen molar-refractivity contribution in [1.82, 2.24) is 5.32 Å². The van der Waals surface area contributed by atoms with E-state index in [4.69, 9.17) is 14.2 Å². The number of amides is 1. The lowest BCUT2D eigenvalue weighted by atomic mass is 9.99. The molecule has 8 unspecified atom stereocenters. The molecule has 1 amide bonds. The van der Waals surface area contributed by atoms with E-state index in [1.54, 1.807) is 6.08 Å². The number of aliphatic hydroxyl groups excluding tert-OH is 5. The molecule has 11 heteroatoms. The number of nitrogens with one attached hydrogen (secondary N) is 1. The fourth-order valence-corrected chi connectivity index (χ4v) is 10.3. The lowest BCUT2D eigenvalue weighted by Gasteiger charge is -2.41. The molecule has 1 aliphatic heterocycles. The minimum Gasteiger partial charge on any atom is -0.454 e. The molecule has 8 atom stereocenters. The van der Waals surface area contributed by atoms with Crippen molar-refractivity contribution < 1.29 is 49.3 Å². The maximum atomic E-state index is 13.4. The van der Waals surface area contributed by atoms with Crippen LogP contribution in [0.3, 0.4) is 0 Å². The molecule has 0 spiro atoms. The van der Waals surface area contributed by atoms with Crippen molar-refractivity contribution in [2.45, 2.75) is 359 Å². The third-order valence-corrected chi connectivity index (χ3v) is 15.5. The molecule has 0 aromatic heterocycles. The lowest BCUT2D eigenvalue weighted by molar-refractivity contribution is -0.305. The number of ether oxygens (including phenoxy) is 3. The standard InChI is InChI=1S/C66H123NO10/c1-4-7-10-13-16-19-22-25-26-27-28-29-30-31-32-33-34-36-39-42-45-48-51-54-61(71)77-64-63(73)62(72)60(55-68)76-66(64)75-56-57(58(69)52-49-46-43-40-37-24-21-18-15-12-9-6-3)67-65(74)59(70)53-50-47-44-41-38-35-23-20-17-14-11-8-5-2/h25-26,38,41,49,52,57-60,62-64,66,68-70,72-73H,4-24,27-37,39-40,42-48,50-51,53-56H2,1-3H3,(H,67,74)/b26-25+,41-38-,52-49+. The van der Waals surface area contributed by atoms with Crippen molar-refractivity contribution >= 4 is 11.9 Å². The molecule has 1 heterocycles. The number of allylic oxidation sites excluding steroid dienone is 5. The number of hydrogen-bond acceptors (Lipinski definition) is 10. The second-order valence-corrected chi connectivity index (χ2v) is 22.8. The summed E-state index contributed by atoms with van der Waals surface area (Å²) >= 11 is 0. The van der Waals surface area contributed by atoms with Crippen molar-refractivity contribution in [1.29, 1.82) is 0 Å². The van der Waals surface area contributed by atoms with Gasteiger partial charge in [-0.05, 0) is 77.0 Å². The number of carbonyl (C=O) groups is 2. The van der Waals surface area contributed by atoms with Gasteiger partial charge in [0.25, 0.3) is 0 Å². The first kappa shape index (κ1) is 72.9. The largest absolute Gasteiger partial charge is 0.454 e. The van der Waals surface area contributed by atoms with Gasteiger partial charge in [-0.15, -0.1) is 0 Å². The maximum absolute atomic E-state index is 13.4. The van der Waals surface area contributed by atoms with E-state index in [1.807, 2.05) is 6.08 Å². The first-order valence-electron chi connectivity index (χ1n) is 32.8. The number of hydrogen-bond donors (Lipinski definition) is 6. The van der Waals surface area contributed by atoms with Crippen LogP contribution in [-0.4, -0.2) is 99.6 Å². The number of rotatable bonds is 56. The number of unbranched alkanes of at least 4 members (excludes halogenated alkanes) is 38. The maximum Gasteiger partial charge on any atom is 0.306 e. The third-order valence-electron chi connectivity index (χ3n) is 15.5. The topological polar surface area (TPSA) is 175 Å². The molecular formula is C66H123NO10. The van der Waals surface area contributed by atoms with E-state index in [1.165, 1.54) is 205 Å². The van der Waals surface area contributed by atoms with Crippen LogP contribution in [0.25, 0.3) is 0 Å². The van der Waals surface area contributed by atoms with Gasteiger partial charge in [0.05, 0.1) is 25.4 Å². The summed E-state index contributed by atoms with van der Waals surface area (Å²) in [5.41, 5.74) is 0. The molecule has 0 saturated carbocycles. The average Bonchev–Trinajstić information content (AvgIpc) is 3.43. The van der Waals surface area contributed by atoms with Gasteiger partial charge in [0.2, 0.25) is 5.91 Å². The Hall–Kier alpha value is -2.12. The SMILES string of the molecule is CCCCCCCC/C=C/CCCCCCCCCCCCCCCC(=O)OC1C(OCC(NC(=O)C(O)CCCC/C=C\CCCCCCCCC)C(O)/C=C/CCCCCCCCCCCC)OC(CO)C(O)C1O. The van der Waals surface area contributed by atoms with E-state index in [0.29, 0.717) is 12.8 Å². The van der Waals surface area contributed by atoms with E-state index in [0.717, 1.165) is 57.8 Å². The summed E-state index contributed by atoms with van der Waals surface area (Å²) in [6, 6.07) is -1.03. The lowest BCUT2D eigenvalue weighted by Crippen LogP contribution is -2.61. The van der Waals surface area contributed by atoms with Crippen molar-refractivity contribution in [3.8, 4) is 0 Å². The predicted molar refractivity (Wildman–Crippen MR) is 320 cm³/mol. The summed E-state index contributed by atoms with van der Waals surface area (Å²) in [5, 5.41) is 57.0. The molecule has 452 valence electrons. The Labute approximate surface area is 473 Å². The molecule has 1 fully saturated rings. The summed E-state index contributed by atoms with van der Waals surface area (Å²) in [5.74, 6) is -1.20. The molecule has 0 aromatic rings. The fourth-order valence-electron chi connectivity index (χ4n) is 10.3. The van der Waals surface area contributed by atoms with Crippen LogP contribution in [-0.2, 0) is 23.8 Å². The van der Waals surface area contributed by atoms with Crippen molar-refractivity contribution in [2.75, 3.05) is 13.2 Å². The van der Waals surface area contributed by atoms with Crippen LogP contribution in [0.4, 0.5) is 0 Å². The second-order valence-electron chi connectivity index (χ2n) is 22.8. The molecule has 77 heavy (non-hydrogen) atoms. The Morgan fingerprint density at radius 2 is 0.857 bits per heavy atom. The van der Waals surface area contributed by atoms with Gasteiger partial charge < -0.3 is 45.1 Å². The highest BCUT2D eigenvalue weighted by Gasteiger charge is 2.47. The normalized spacial score (nSPS) is 19.2. The summed E-state index contributed by atoms with van der Waals surface area (Å²) in [6.45, 7) is 5.79. The van der Waals surface area contributed by atoms with Gasteiger partial charge in [0, 0.05) is 6.42 Å². The molecule has 0 radical (unpaired) electrons. The van der Waals surface area contributed by atoms with Crippen LogP contribution < -0.4 is 5.32 Å². The minimum absolute atomic E-state index is 0.125. The van der Waals surface area contributed by atoms with Crippen LogP contribution in [0, 0.1) is 0 Å². The van der Waals surface area contributed by atoms with Gasteiger partial charge in [-0.1, -0.05) is 263 Å². The first-order chi connectivity index (χ1) is 37.7. The third kappa shape index (κ3) is 42.4. The summed E-state index contributed by atoms with van der Waals surface area (Å²) < 4.78 is 17.6. The van der Waals surface area contributed by atoms with Crippen LogP contribution >= 0.6 is 0 Å². The molecule has 0 aliphatic carbocycles. The summed E-state index contributed by atoms with van der Waals surface area (Å²) in [6.07, 6.45) is 54.8. The smallest absolute Gasteiger partial charge is 0.306 e. The molecule has 6 N–H and O–H groups in total. The van der Waals surface area contributed by atoms with Crippen molar-refractivity contribution in [2.24, 2.45) is 0 Å². The second kappa shape index (κ2) is 54.5. The average molecular weight is 1090 g/mol. The highest BCUT2D eigenvalue weighted by atomic mass is 16.7. The molecule has 1 rings (SSSR count). The van der Waals surface area contributed by atoms with Gasteiger partial charge in [-0.25, -0.2) is 0 Å². The zero-order valence-electron chi connectivity index (χ0n) is 50.1. The van der Waals surface area contributed by atoms with Crippen molar-refractivity contribution in [3.05, 3.63) is 36.5 Å². The van der Waals surface area contributed by atoms with Crippen LogP contribution in [0.15, 0.2) is 36.5 Å². The van der Waals surface area contributed by atoms with Gasteiger partial charge in [-0.2, -0.15) is 0 Å². The van der Waals surface area contributed by atoms with Crippen molar-refractivity contribution in [3.63, 3.8) is 0 Å². The van der Waals surface area contributed by atoms with Crippen LogP contribution in [0.2, 0.25) is 0 Å². The van der Waals surface area contributed by atoms with Gasteiger partial charge >= 0.3 is 5.97 Å². The Morgan fingerprint density at radius 3 is 1.26 bits per heavy atom. The van der Waals surface area contributed by atoms with Crippen LogP contribution in [0.5, 0.6) is 0 Å². The Kier molecular flexibility index (Phi) is 51.6. The first-order valence-corrected chi connectivity index (χ1v) is 32.8. The highest BCUT2D eigenvalue weighted by Crippen LogP contribution is 2.26. The Morgan fingerprint density at radius 1 is 0.494 bits per heavy atom. The minimum atomic E-state index is -1.61. The number of esters is 1. The monoisotopic (exact) mass is 1090 g/mol. The number of carbonyl (C=O) groups excluding carboxylic acids is 2. The molecular weight excluding hydrogens is 967 g/mol.